The summed E-state index contributed by atoms with van der Waals surface area (Å²) >= 11 is 0. The zero-order valence-electron chi connectivity index (χ0n) is 10.6. The van der Waals surface area contributed by atoms with Gasteiger partial charge in [-0.2, -0.15) is 0 Å². The van der Waals surface area contributed by atoms with Gasteiger partial charge in [0.15, 0.2) is 0 Å². The minimum atomic E-state index is -3.86. The van der Waals surface area contributed by atoms with Crippen molar-refractivity contribution in [1.29, 1.82) is 0 Å². The summed E-state index contributed by atoms with van der Waals surface area (Å²) in [5.74, 6) is -3.77. The number of rotatable bonds is 8. The fraction of sp³-hybridized carbons (Fsp3) is 0.667. The van der Waals surface area contributed by atoms with Crippen LogP contribution in [0.2, 0.25) is 0 Å². The third kappa shape index (κ3) is 5.93. The van der Waals surface area contributed by atoms with Gasteiger partial charge in [0.05, 0.1) is 13.2 Å². The quantitative estimate of drug-likeness (QED) is 0.151. The van der Waals surface area contributed by atoms with Crippen molar-refractivity contribution in [3.8, 4) is 0 Å². The molecule has 0 spiro atoms. The highest BCUT2D eigenvalue weighted by Gasteiger charge is 2.28. The van der Waals surface area contributed by atoms with Crippen LogP contribution in [0.5, 0.6) is 0 Å². The van der Waals surface area contributed by atoms with E-state index in [-0.39, 0.29) is 11.5 Å². The van der Waals surface area contributed by atoms with E-state index >= 15 is 0 Å². The summed E-state index contributed by atoms with van der Waals surface area (Å²) in [5, 5.41) is 20.4. The van der Waals surface area contributed by atoms with E-state index in [0.717, 1.165) is 6.66 Å². The lowest BCUT2D eigenvalue weighted by atomic mass is 10.1. The van der Waals surface area contributed by atoms with Crippen LogP contribution in [-0.2, 0) is 18.9 Å². The number of amides is 1. The highest BCUT2D eigenvalue weighted by molar-refractivity contribution is 7.74. The highest BCUT2D eigenvalue weighted by Crippen LogP contribution is 2.35. The Morgan fingerprint density at radius 3 is 2.26 bits per heavy atom. The summed E-state index contributed by atoms with van der Waals surface area (Å²) in [6.07, 6.45) is 0.00492. The molecule has 9 nitrogen and oxygen atoms in total. The van der Waals surface area contributed by atoms with Crippen LogP contribution in [0.25, 0.3) is 0 Å². The molecular formula is C9H17N2O7P. The largest absolute Gasteiger partial charge is 0.481 e. The maximum absolute atomic E-state index is 11.5. The molecule has 0 aliphatic rings. The van der Waals surface area contributed by atoms with Gasteiger partial charge in [-0.15, -0.1) is 0 Å². The molecule has 110 valence electrons. The standard InChI is InChI=1S/C9H17N2O7P/c1-3-6(9(14)15)8(13)11(16)5-10-4-7(12)19(2,17)18/h6,10,16H,3-5H2,1-2H3,(H,14,15)(H,17,18). The Bertz CT molecular complexity index is 405. The SMILES string of the molecule is CCC(C(=O)O)C(=O)N(O)CNCC(=O)P(C)(=O)O. The second kappa shape index (κ2) is 7.34. The molecule has 0 aliphatic carbocycles. The van der Waals surface area contributed by atoms with Crippen molar-refractivity contribution >= 4 is 24.8 Å². The van der Waals surface area contributed by atoms with Gasteiger partial charge in [0, 0.05) is 6.66 Å². The van der Waals surface area contributed by atoms with Crippen LogP contribution in [0, 0.1) is 5.92 Å². The number of carbonyl (C=O) groups excluding carboxylic acids is 2. The topological polar surface area (TPSA) is 144 Å². The number of hydrogen-bond acceptors (Lipinski definition) is 6. The van der Waals surface area contributed by atoms with E-state index in [1.165, 1.54) is 6.92 Å². The number of aliphatic carboxylic acids is 1. The van der Waals surface area contributed by atoms with Gasteiger partial charge in [-0.05, 0) is 6.42 Å². The van der Waals surface area contributed by atoms with E-state index in [0.29, 0.717) is 0 Å². The number of carboxylic acid groups (broad SMARTS) is 1. The Balaban J connectivity index is 4.29. The summed E-state index contributed by atoms with van der Waals surface area (Å²) in [4.78, 5) is 42.1. The Labute approximate surface area is 109 Å². The molecule has 0 aromatic carbocycles. The lowest BCUT2D eigenvalue weighted by Crippen LogP contribution is -2.43. The molecule has 0 aliphatic heterocycles. The van der Waals surface area contributed by atoms with E-state index in [2.05, 4.69) is 5.32 Å². The molecule has 10 heteroatoms. The normalized spacial score (nSPS) is 15.4. The zero-order valence-corrected chi connectivity index (χ0v) is 11.5. The predicted molar refractivity (Wildman–Crippen MR) is 63.7 cm³/mol. The van der Waals surface area contributed by atoms with E-state index in [1.54, 1.807) is 0 Å². The fourth-order valence-corrected chi connectivity index (χ4v) is 1.53. The molecular weight excluding hydrogens is 279 g/mol. The molecule has 2 unspecified atom stereocenters. The van der Waals surface area contributed by atoms with Crippen molar-refractivity contribution in [3.05, 3.63) is 0 Å². The molecule has 0 bridgehead atoms. The summed E-state index contributed by atoms with van der Waals surface area (Å²) in [7, 11) is -3.86. The predicted octanol–water partition coefficient (Wildman–Crippen LogP) is -0.711. The van der Waals surface area contributed by atoms with Gasteiger partial charge < -0.3 is 10.00 Å². The number of hydroxylamine groups is 2. The van der Waals surface area contributed by atoms with Gasteiger partial charge in [-0.25, -0.2) is 5.06 Å². The van der Waals surface area contributed by atoms with Crippen LogP contribution in [0.1, 0.15) is 13.3 Å². The second-order valence-electron chi connectivity index (χ2n) is 3.89. The first-order valence-electron chi connectivity index (χ1n) is 5.38. The van der Waals surface area contributed by atoms with Gasteiger partial charge in [-0.1, -0.05) is 6.92 Å². The Hall–Kier alpha value is -1.28. The average Bonchev–Trinajstić information content (AvgIpc) is 2.27. The molecule has 0 radical (unpaired) electrons. The van der Waals surface area contributed by atoms with Crippen LogP contribution in [-0.4, -0.2) is 57.5 Å². The minimum absolute atomic E-state index is 0.00492. The number of carboxylic acids is 1. The highest BCUT2D eigenvalue weighted by atomic mass is 31.2. The molecule has 2 atom stereocenters. The number of carbonyl (C=O) groups is 3. The van der Waals surface area contributed by atoms with Crippen LogP contribution in [0.4, 0.5) is 0 Å². The first-order valence-corrected chi connectivity index (χ1v) is 7.49. The molecule has 0 saturated carbocycles. The molecule has 1 amide bonds. The Morgan fingerprint density at radius 2 is 1.89 bits per heavy atom. The third-order valence-electron chi connectivity index (χ3n) is 2.26. The van der Waals surface area contributed by atoms with Crippen molar-refractivity contribution in [3.63, 3.8) is 0 Å². The third-order valence-corrected chi connectivity index (χ3v) is 3.34. The minimum Gasteiger partial charge on any atom is -0.481 e. The van der Waals surface area contributed by atoms with Crippen molar-refractivity contribution in [2.45, 2.75) is 13.3 Å². The lowest BCUT2D eigenvalue weighted by molar-refractivity contribution is -0.176. The summed E-state index contributed by atoms with van der Waals surface area (Å²) in [6.45, 7) is 1.31. The van der Waals surface area contributed by atoms with Crippen LogP contribution < -0.4 is 5.32 Å². The van der Waals surface area contributed by atoms with Gasteiger partial charge in [0.2, 0.25) is 5.52 Å². The van der Waals surface area contributed by atoms with Crippen LogP contribution >= 0.6 is 7.37 Å². The fourth-order valence-electron chi connectivity index (χ4n) is 1.13. The number of nitrogens with one attached hydrogen (secondary N) is 1. The molecule has 4 N–H and O–H groups in total. The zero-order chi connectivity index (χ0) is 15.2. The lowest BCUT2D eigenvalue weighted by Gasteiger charge is -2.19. The number of hydrogen-bond donors (Lipinski definition) is 4. The number of nitrogens with zero attached hydrogens (tertiary/aromatic N) is 1. The van der Waals surface area contributed by atoms with E-state index in [9.17, 15) is 24.2 Å². The van der Waals surface area contributed by atoms with Crippen molar-refractivity contribution < 1.29 is 34.2 Å². The molecule has 0 aromatic rings. The molecule has 0 rings (SSSR count). The van der Waals surface area contributed by atoms with Crippen LogP contribution in [0.3, 0.4) is 0 Å². The molecule has 19 heavy (non-hydrogen) atoms. The van der Waals surface area contributed by atoms with Gasteiger partial charge in [0.1, 0.15) is 5.92 Å². The molecule has 0 heterocycles. The first kappa shape index (κ1) is 17.7. The molecule has 0 saturated heterocycles. The van der Waals surface area contributed by atoms with Gasteiger partial charge in [-0.3, -0.25) is 29.5 Å². The van der Waals surface area contributed by atoms with E-state index in [1.807, 2.05) is 0 Å². The Morgan fingerprint density at radius 1 is 1.37 bits per heavy atom. The van der Waals surface area contributed by atoms with Crippen LogP contribution in [0.15, 0.2) is 0 Å². The summed E-state index contributed by atoms with van der Waals surface area (Å²) in [5.41, 5.74) is -0.960. The second-order valence-corrected chi connectivity index (χ2v) is 6.15. The average molecular weight is 296 g/mol. The Kier molecular flexibility index (Phi) is 6.85. The van der Waals surface area contributed by atoms with E-state index < -0.39 is 43.9 Å². The van der Waals surface area contributed by atoms with Crippen molar-refractivity contribution in [1.82, 2.24) is 10.4 Å². The maximum Gasteiger partial charge on any atom is 0.316 e. The van der Waals surface area contributed by atoms with Gasteiger partial charge in [0.25, 0.3) is 13.3 Å². The smallest absolute Gasteiger partial charge is 0.316 e. The van der Waals surface area contributed by atoms with Crippen molar-refractivity contribution in [2.75, 3.05) is 19.9 Å². The molecule has 0 aromatic heterocycles. The van der Waals surface area contributed by atoms with Crippen molar-refractivity contribution in [2.24, 2.45) is 5.92 Å². The first-order chi connectivity index (χ1) is 8.61. The summed E-state index contributed by atoms with van der Waals surface area (Å²) in [6, 6.07) is 0. The molecule has 0 fully saturated rings. The summed E-state index contributed by atoms with van der Waals surface area (Å²) < 4.78 is 10.9. The maximum atomic E-state index is 11.5. The van der Waals surface area contributed by atoms with E-state index in [4.69, 9.17) is 10.00 Å². The van der Waals surface area contributed by atoms with Gasteiger partial charge >= 0.3 is 5.97 Å². The monoisotopic (exact) mass is 296 g/mol.